The van der Waals surface area contributed by atoms with Crippen LogP contribution < -0.4 is 5.32 Å². The van der Waals surface area contributed by atoms with Crippen LogP contribution in [-0.2, 0) is 4.74 Å². The van der Waals surface area contributed by atoms with Gasteiger partial charge in [-0.25, -0.2) is 4.79 Å². The lowest BCUT2D eigenvalue weighted by molar-refractivity contribution is -0.257. The first-order chi connectivity index (χ1) is 20.0. The van der Waals surface area contributed by atoms with E-state index in [4.69, 9.17) is 4.74 Å². The molecule has 2 amide bonds. The van der Waals surface area contributed by atoms with Crippen LogP contribution in [0.25, 0.3) is 0 Å². The molecule has 5 atom stereocenters. The standard InChI is InChI=1S/C33H66N2O6/c1-3-5-7-9-11-13-15-16-17-19-21-23-25-34-33(40)35(26-24-22-20-18-14-12-10-8-6-4-2)32-31(39)30(38)29(37)28(27-36)41-32/h28-32,36-39H,3-27H2,1-2H3,(H,34,40)/t28-,29-,30+,31-,32-/m1/s1. The summed E-state index contributed by atoms with van der Waals surface area (Å²) in [7, 11) is 0. The highest BCUT2D eigenvalue weighted by molar-refractivity contribution is 5.74. The molecule has 1 aliphatic rings. The normalized spacial score (nSPS) is 22.6. The Labute approximate surface area is 251 Å². The van der Waals surface area contributed by atoms with E-state index >= 15 is 0 Å². The fourth-order valence-corrected chi connectivity index (χ4v) is 5.72. The molecule has 1 rings (SSSR count). The van der Waals surface area contributed by atoms with Gasteiger partial charge in [0.1, 0.15) is 24.4 Å². The van der Waals surface area contributed by atoms with E-state index in [-0.39, 0.29) is 6.03 Å². The van der Waals surface area contributed by atoms with Crippen molar-refractivity contribution in [2.24, 2.45) is 0 Å². The molecule has 0 aromatic carbocycles. The quantitative estimate of drug-likeness (QED) is 0.0746. The van der Waals surface area contributed by atoms with Gasteiger partial charge in [0.15, 0.2) is 6.23 Å². The molecule has 5 N–H and O–H groups in total. The van der Waals surface area contributed by atoms with Gasteiger partial charge in [0, 0.05) is 13.1 Å². The number of ether oxygens (including phenoxy) is 1. The number of nitrogens with zero attached hydrogens (tertiary/aromatic N) is 1. The van der Waals surface area contributed by atoms with E-state index in [1.54, 1.807) is 0 Å². The van der Waals surface area contributed by atoms with E-state index in [0.717, 1.165) is 32.1 Å². The topological polar surface area (TPSA) is 122 Å². The van der Waals surface area contributed by atoms with Gasteiger partial charge in [-0.05, 0) is 12.8 Å². The number of carbonyl (C=O) groups is 1. The van der Waals surface area contributed by atoms with Crippen LogP contribution in [0.2, 0.25) is 0 Å². The minimum atomic E-state index is -1.50. The summed E-state index contributed by atoms with van der Waals surface area (Å²) in [6.45, 7) is 4.90. The third-order valence-corrected chi connectivity index (χ3v) is 8.49. The van der Waals surface area contributed by atoms with Gasteiger partial charge < -0.3 is 30.5 Å². The molecular weight excluding hydrogens is 520 g/mol. The van der Waals surface area contributed by atoms with Crippen LogP contribution in [0.5, 0.6) is 0 Å². The summed E-state index contributed by atoms with van der Waals surface area (Å²) in [5.74, 6) is 0. The molecule has 8 nitrogen and oxygen atoms in total. The summed E-state index contributed by atoms with van der Waals surface area (Å²) in [5, 5.41) is 43.7. The molecule has 0 bridgehead atoms. The van der Waals surface area contributed by atoms with Crippen molar-refractivity contribution in [3.63, 3.8) is 0 Å². The predicted molar refractivity (Wildman–Crippen MR) is 167 cm³/mol. The summed E-state index contributed by atoms with van der Waals surface area (Å²) in [5.41, 5.74) is 0. The van der Waals surface area contributed by atoms with Crippen molar-refractivity contribution >= 4 is 6.03 Å². The van der Waals surface area contributed by atoms with Gasteiger partial charge in [0.25, 0.3) is 0 Å². The number of urea groups is 1. The lowest BCUT2D eigenvalue weighted by Crippen LogP contribution is -2.65. The zero-order chi connectivity index (χ0) is 30.1. The van der Waals surface area contributed by atoms with Gasteiger partial charge >= 0.3 is 6.03 Å². The van der Waals surface area contributed by atoms with Crippen molar-refractivity contribution in [2.75, 3.05) is 19.7 Å². The van der Waals surface area contributed by atoms with Crippen molar-refractivity contribution in [3.05, 3.63) is 0 Å². The molecule has 0 aliphatic carbocycles. The SMILES string of the molecule is CCCCCCCCCCCCCCNC(=O)N(CCCCCCCCCCCC)[C@@H]1O[C@H](CO)[C@@H](O)[C@H](O)[C@H]1O. The van der Waals surface area contributed by atoms with Crippen molar-refractivity contribution in [3.8, 4) is 0 Å². The zero-order valence-corrected chi connectivity index (χ0v) is 26.6. The molecule has 0 radical (unpaired) electrons. The average molecular weight is 587 g/mol. The highest BCUT2D eigenvalue weighted by Gasteiger charge is 2.46. The lowest BCUT2D eigenvalue weighted by atomic mass is 9.97. The molecule has 8 heteroatoms. The molecule has 244 valence electrons. The first-order valence-corrected chi connectivity index (χ1v) is 17.3. The van der Waals surface area contributed by atoms with Crippen molar-refractivity contribution in [1.82, 2.24) is 10.2 Å². The number of hydrogen-bond donors (Lipinski definition) is 5. The average Bonchev–Trinajstić information content (AvgIpc) is 2.97. The van der Waals surface area contributed by atoms with Crippen molar-refractivity contribution in [1.29, 1.82) is 0 Å². The maximum absolute atomic E-state index is 13.2. The molecule has 1 heterocycles. The monoisotopic (exact) mass is 586 g/mol. The van der Waals surface area contributed by atoms with Gasteiger partial charge in [0.05, 0.1) is 6.61 Å². The minimum Gasteiger partial charge on any atom is -0.394 e. The van der Waals surface area contributed by atoms with Crippen LogP contribution in [0.15, 0.2) is 0 Å². The summed E-state index contributed by atoms with van der Waals surface area (Å²) in [6.07, 6.45) is 20.2. The third kappa shape index (κ3) is 17.1. The van der Waals surface area contributed by atoms with Crippen LogP contribution >= 0.6 is 0 Å². The molecular formula is C33H66N2O6. The molecule has 0 spiro atoms. The zero-order valence-electron chi connectivity index (χ0n) is 26.6. The van der Waals surface area contributed by atoms with E-state index in [0.29, 0.717) is 13.1 Å². The number of unbranched alkanes of at least 4 members (excludes halogenated alkanes) is 20. The first kappa shape index (κ1) is 38.1. The summed E-state index contributed by atoms with van der Waals surface area (Å²) in [4.78, 5) is 14.6. The van der Waals surface area contributed by atoms with E-state index in [9.17, 15) is 25.2 Å². The highest BCUT2D eigenvalue weighted by Crippen LogP contribution is 2.24. The van der Waals surface area contributed by atoms with Crippen molar-refractivity contribution in [2.45, 2.75) is 186 Å². The van der Waals surface area contributed by atoms with Gasteiger partial charge in [-0.1, -0.05) is 142 Å². The number of amides is 2. The van der Waals surface area contributed by atoms with E-state index in [2.05, 4.69) is 19.2 Å². The summed E-state index contributed by atoms with van der Waals surface area (Å²) < 4.78 is 5.73. The van der Waals surface area contributed by atoms with Crippen LogP contribution in [-0.4, -0.2) is 81.7 Å². The number of nitrogens with one attached hydrogen (secondary N) is 1. The summed E-state index contributed by atoms with van der Waals surface area (Å²) >= 11 is 0. The van der Waals surface area contributed by atoms with Gasteiger partial charge in [-0.2, -0.15) is 0 Å². The maximum Gasteiger partial charge on any atom is 0.319 e. The van der Waals surface area contributed by atoms with E-state index in [1.807, 2.05) is 0 Å². The molecule has 0 aromatic rings. The second-order valence-corrected chi connectivity index (χ2v) is 12.2. The largest absolute Gasteiger partial charge is 0.394 e. The number of carbonyl (C=O) groups excluding carboxylic acids is 1. The first-order valence-electron chi connectivity index (χ1n) is 17.3. The molecule has 1 fully saturated rings. The molecule has 0 unspecified atom stereocenters. The van der Waals surface area contributed by atoms with Crippen LogP contribution in [0.4, 0.5) is 4.79 Å². The van der Waals surface area contributed by atoms with Crippen LogP contribution in [0.1, 0.15) is 155 Å². The molecule has 0 saturated carbocycles. The Bertz CT molecular complexity index is 608. The highest BCUT2D eigenvalue weighted by atomic mass is 16.6. The minimum absolute atomic E-state index is 0.340. The van der Waals surface area contributed by atoms with E-state index < -0.39 is 37.3 Å². The Morgan fingerprint density at radius 1 is 0.610 bits per heavy atom. The van der Waals surface area contributed by atoms with E-state index in [1.165, 1.54) is 114 Å². The third-order valence-electron chi connectivity index (χ3n) is 8.49. The Hall–Kier alpha value is -0.930. The van der Waals surface area contributed by atoms with Gasteiger partial charge in [0.2, 0.25) is 0 Å². The molecule has 41 heavy (non-hydrogen) atoms. The maximum atomic E-state index is 13.2. The second-order valence-electron chi connectivity index (χ2n) is 12.2. The number of rotatable bonds is 26. The van der Waals surface area contributed by atoms with Crippen molar-refractivity contribution < 1.29 is 30.0 Å². The number of aliphatic hydroxyl groups is 4. The smallest absolute Gasteiger partial charge is 0.319 e. The van der Waals surface area contributed by atoms with Gasteiger partial charge in [-0.3, -0.25) is 4.90 Å². The lowest BCUT2D eigenvalue weighted by Gasteiger charge is -2.44. The number of hydrogen-bond acceptors (Lipinski definition) is 6. The van der Waals surface area contributed by atoms with Crippen LogP contribution in [0.3, 0.4) is 0 Å². The Morgan fingerprint density at radius 2 is 1.02 bits per heavy atom. The van der Waals surface area contributed by atoms with Crippen LogP contribution in [0, 0.1) is 0 Å². The Kier molecular flexibility index (Phi) is 23.7. The summed E-state index contributed by atoms with van der Waals surface area (Å²) in [6, 6.07) is -0.340. The predicted octanol–water partition coefficient (Wildman–Crippen LogP) is 6.42. The fraction of sp³-hybridized carbons (Fsp3) is 0.970. The Morgan fingerprint density at radius 3 is 1.46 bits per heavy atom. The molecule has 1 aliphatic heterocycles. The second kappa shape index (κ2) is 25.6. The van der Waals surface area contributed by atoms with Gasteiger partial charge in [-0.15, -0.1) is 0 Å². The Balaban J connectivity index is 2.39. The molecule has 0 aromatic heterocycles. The fourth-order valence-electron chi connectivity index (χ4n) is 5.72. The molecule has 1 saturated heterocycles. The number of aliphatic hydroxyl groups excluding tert-OH is 4.